The summed E-state index contributed by atoms with van der Waals surface area (Å²) in [7, 11) is 0. The Morgan fingerprint density at radius 1 is 1.67 bits per heavy atom. The highest BCUT2D eigenvalue weighted by atomic mass is 16.3. The van der Waals surface area contributed by atoms with Crippen LogP contribution in [0.1, 0.15) is 12.1 Å². The van der Waals surface area contributed by atoms with E-state index in [1.807, 2.05) is 0 Å². The third-order valence-electron chi connectivity index (χ3n) is 1.74. The largest absolute Gasteiger partial charge is 0.396 e. The second kappa shape index (κ2) is 6.10. The molecule has 84 valence electrons. The van der Waals surface area contributed by atoms with Crippen LogP contribution in [-0.4, -0.2) is 39.2 Å². The first kappa shape index (κ1) is 11.6. The number of aliphatic hydroxyl groups excluding tert-OH is 1. The Hall–Kier alpha value is -1.47. The summed E-state index contributed by atoms with van der Waals surface area (Å²) in [6, 6.07) is 0. The zero-order valence-electron chi connectivity index (χ0n) is 8.39. The number of aromatic nitrogens is 3. The number of nitrogens with zero attached hydrogens (tertiary/aromatic N) is 3. The lowest BCUT2D eigenvalue weighted by Gasteiger charge is -1.97. The lowest BCUT2D eigenvalue weighted by Crippen LogP contribution is -2.28. The van der Waals surface area contributed by atoms with Crippen LogP contribution in [0.2, 0.25) is 0 Å². The van der Waals surface area contributed by atoms with Crippen LogP contribution in [0.5, 0.6) is 0 Å². The van der Waals surface area contributed by atoms with Gasteiger partial charge in [-0.2, -0.15) is 0 Å². The molecule has 0 spiro atoms. The molecule has 0 fully saturated rings. The average molecular weight is 213 g/mol. The third kappa shape index (κ3) is 4.52. The predicted molar refractivity (Wildman–Crippen MR) is 52.6 cm³/mol. The standard InChI is InChI=1S/C8H15N5O2/c9-8(15)5-10-4-7-6-13(12-11-7)2-1-3-14/h6,10,14H,1-5H2,(H2,9,15). The topological polar surface area (TPSA) is 106 Å². The first-order valence-corrected chi connectivity index (χ1v) is 4.71. The third-order valence-corrected chi connectivity index (χ3v) is 1.74. The molecular formula is C8H15N5O2. The van der Waals surface area contributed by atoms with Crippen LogP contribution in [0.4, 0.5) is 0 Å². The van der Waals surface area contributed by atoms with Crippen LogP contribution < -0.4 is 11.1 Å². The number of nitrogens with one attached hydrogen (secondary N) is 1. The van der Waals surface area contributed by atoms with Gasteiger partial charge in [0.2, 0.25) is 5.91 Å². The summed E-state index contributed by atoms with van der Waals surface area (Å²) < 4.78 is 1.65. The maximum atomic E-state index is 10.4. The summed E-state index contributed by atoms with van der Waals surface area (Å²) in [6.45, 7) is 1.36. The molecule has 0 bridgehead atoms. The number of aliphatic hydroxyl groups is 1. The number of aryl methyl sites for hydroxylation is 1. The van der Waals surface area contributed by atoms with Crippen LogP contribution in [-0.2, 0) is 17.9 Å². The van der Waals surface area contributed by atoms with Gasteiger partial charge in [-0.25, -0.2) is 0 Å². The summed E-state index contributed by atoms with van der Waals surface area (Å²) in [5.74, 6) is -0.400. The molecule has 0 aliphatic carbocycles. The maximum absolute atomic E-state index is 10.4. The second-order valence-electron chi connectivity index (χ2n) is 3.12. The molecule has 1 aromatic heterocycles. The molecule has 0 aliphatic heterocycles. The van der Waals surface area contributed by atoms with E-state index in [2.05, 4.69) is 15.6 Å². The lowest BCUT2D eigenvalue weighted by atomic mass is 10.4. The molecule has 7 nitrogen and oxygen atoms in total. The zero-order valence-corrected chi connectivity index (χ0v) is 8.39. The highest BCUT2D eigenvalue weighted by molar-refractivity contribution is 5.75. The van der Waals surface area contributed by atoms with Crippen LogP contribution in [0.25, 0.3) is 0 Å². The number of carbonyl (C=O) groups is 1. The van der Waals surface area contributed by atoms with E-state index in [9.17, 15) is 4.79 Å². The van der Waals surface area contributed by atoms with Crippen molar-refractivity contribution in [2.75, 3.05) is 13.2 Å². The summed E-state index contributed by atoms with van der Waals surface area (Å²) in [4.78, 5) is 10.4. The van der Waals surface area contributed by atoms with Crippen LogP contribution in [0, 0.1) is 0 Å². The molecule has 0 aliphatic rings. The first-order valence-electron chi connectivity index (χ1n) is 4.71. The van der Waals surface area contributed by atoms with Gasteiger partial charge in [0.05, 0.1) is 12.2 Å². The Balaban J connectivity index is 2.29. The number of carbonyl (C=O) groups excluding carboxylic acids is 1. The van der Waals surface area contributed by atoms with E-state index in [1.165, 1.54) is 0 Å². The molecular weight excluding hydrogens is 198 g/mol. The van der Waals surface area contributed by atoms with Crippen LogP contribution >= 0.6 is 0 Å². The maximum Gasteiger partial charge on any atom is 0.231 e. The van der Waals surface area contributed by atoms with Crippen LogP contribution in [0.3, 0.4) is 0 Å². The van der Waals surface area contributed by atoms with Gasteiger partial charge in [-0.05, 0) is 6.42 Å². The zero-order chi connectivity index (χ0) is 11.1. The number of primary amides is 1. The van der Waals surface area contributed by atoms with Gasteiger partial charge in [0.15, 0.2) is 0 Å². The SMILES string of the molecule is NC(=O)CNCc1cn(CCCO)nn1. The Labute approximate surface area is 87.3 Å². The average Bonchev–Trinajstić information content (AvgIpc) is 2.62. The van der Waals surface area contributed by atoms with Gasteiger partial charge in [0.25, 0.3) is 0 Å². The van der Waals surface area contributed by atoms with Crippen molar-refractivity contribution >= 4 is 5.91 Å². The van der Waals surface area contributed by atoms with Crippen LogP contribution in [0.15, 0.2) is 6.20 Å². The molecule has 15 heavy (non-hydrogen) atoms. The highest BCUT2D eigenvalue weighted by Crippen LogP contribution is 1.93. The summed E-state index contributed by atoms with van der Waals surface area (Å²) in [5, 5.41) is 19.2. The van der Waals surface area contributed by atoms with Gasteiger partial charge in [-0.3, -0.25) is 9.48 Å². The Morgan fingerprint density at radius 2 is 2.47 bits per heavy atom. The highest BCUT2D eigenvalue weighted by Gasteiger charge is 2.00. The molecule has 1 rings (SSSR count). The van der Waals surface area contributed by atoms with Gasteiger partial charge >= 0.3 is 0 Å². The van der Waals surface area contributed by atoms with E-state index in [4.69, 9.17) is 10.8 Å². The summed E-state index contributed by atoms with van der Waals surface area (Å²) in [5.41, 5.74) is 5.70. The molecule has 0 atom stereocenters. The van der Waals surface area contributed by atoms with Gasteiger partial charge in [0.1, 0.15) is 0 Å². The van der Waals surface area contributed by atoms with Crippen molar-refractivity contribution in [2.24, 2.45) is 5.73 Å². The predicted octanol–water partition coefficient (Wildman–Crippen LogP) is -1.76. The van der Waals surface area contributed by atoms with Gasteiger partial charge < -0.3 is 16.2 Å². The van der Waals surface area contributed by atoms with E-state index in [0.717, 1.165) is 5.69 Å². The van der Waals surface area contributed by atoms with E-state index < -0.39 is 5.91 Å². The minimum atomic E-state index is -0.400. The number of hydrogen-bond donors (Lipinski definition) is 3. The van der Waals surface area contributed by atoms with Gasteiger partial charge in [-0.15, -0.1) is 5.10 Å². The monoisotopic (exact) mass is 213 g/mol. The van der Waals surface area contributed by atoms with E-state index in [1.54, 1.807) is 10.9 Å². The molecule has 0 saturated heterocycles. The molecule has 0 unspecified atom stereocenters. The number of rotatable bonds is 7. The normalized spacial score (nSPS) is 10.5. The van der Waals surface area contributed by atoms with Crippen molar-refractivity contribution in [2.45, 2.75) is 19.5 Å². The molecule has 1 aromatic rings. The van der Waals surface area contributed by atoms with E-state index in [0.29, 0.717) is 19.5 Å². The molecule has 4 N–H and O–H groups in total. The number of nitrogens with two attached hydrogens (primary N) is 1. The molecule has 1 amide bonds. The fraction of sp³-hybridized carbons (Fsp3) is 0.625. The molecule has 1 heterocycles. The van der Waals surface area contributed by atoms with Crippen molar-refractivity contribution in [3.63, 3.8) is 0 Å². The number of hydrogen-bond acceptors (Lipinski definition) is 5. The smallest absolute Gasteiger partial charge is 0.231 e. The van der Waals surface area contributed by atoms with Gasteiger partial charge in [-0.1, -0.05) is 5.21 Å². The first-order chi connectivity index (χ1) is 7.22. The van der Waals surface area contributed by atoms with Gasteiger partial charge in [0, 0.05) is 25.9 Å². The fourth-order valence-electron chi connectivity index (χ4n) is 1.08. The number of amides is 1. The molecule has 0 saturated carbocycles. The Morgan fingerprint density at radius 3 is 3.13 bits per heavy atom. The molecule has 7 heteroatoms. The van der Waals surface area contributed by atoms with E-state index in [-0.39, 0.29) is 13.2 Å². The Kier molecular flexibility index (Phi) is 4.72. The molecule has 0 radical (unpaired) electrons. The lowest BCUT2D eigenvalue weighted by molar-refractivity contribution is -0.117. The summed E-state index contributed by atoms with van der Waals surface area (Å²) in [6.07, 6.45) is 2.42. The Bertz CT molecular complexity index is 312. The van der Waals surface area contributed by atoms with E-state index >= 15 is 0 Å². The quantitative estimate of drug-likeness (QED) is 0.497. The molecule has 0 aromatic carbocycles. The van der Waals surface area contributed by atoms with Crippen molar-refractivity contribution in [3.05, 3.63) is 11.9 Å². The second-order valence-corrected chi connectivity index (χ2v) is 3.12. The van der Waals surface area contributed by atoms with Crippen molar-refractivity contribution in [1.29, 1.82) is 0 Å². The minimum absolute atomic E-state index is 0.128. The minimum Gasteiger partial charge on any atom is -0.396 e. The summed E-state index contributed by atoms with van der Waals surface area (Å²) >= 11 is 0. The van der Waals surface area contributed by atoms with Crippen molar-refractivity contribution in [3.8, 4) is 0 Å². The van der Waals surface area contributed by atoms with Crippen molar-refractivity contribution in [1.82, 2.24) is 20.3 Å². The fourth-order valence-corrected chi connectivity index (χ4v) is 1.08. The van der Waals surface area contributed by atoms with Crippen molar-refractivity contribution < 1.29 is 9.90 Å².